The summed E-state index contributed by atoms with van der Waals surface area (Å²) in [5.74, 6) is 1.20. The Morgan fingerprint density at radius 3 is 2.68 bits per heavy atom. The van der Waals surface area contributed by atoms with Crippen LogP contribution in [0.4, 0.5) is 11.5 Å². The molecule has 0 spiro atoms. The van der Waals surface area contributed by atoms with Gasteiger partial charge in [-0.2, -0.15) is 0 Å². The van der Waals surface area contributed by atoms with Crippen LogP contribution in [0, 0.1) is 0 Å². The normalized spacial score (nSPS) is 22.1. The number of nitrogens with one attached hydrogen (secondary N) is 2. The molecule has 1 aromatic heterocycles. The highest BCUT2D eigenvalue weighted by atomic mass is 16.5. The van der Waals surface area contributed by atoms with Crippen molar-refractivity contribution in [2.45, 2.75) is 25.6 Å². The van der Waals surface area contributed by atoms with E-state index in [1.54, 1.807) is 11.2 Å². The zero-order valence-corrected chi connectivity index (χ0v) is 16.1. The first-order chi connectivity index (χ1) is 13.6. The molecule has 0 amide bonds. The Bertz CT molecular complexity index is 801. The summed E-state index contributed by atoms with van der Waals surface area (Å²) in [7, 11) is 0. The highest BCUT2D eigenvalue weighted by molar-refractivity contribution is 5.96. The zero-order chi connectivity index (χ0) is 19.4. The SMILES string of the molecule is CC1(N)N=C(Nc2ccc(OCCN3CCCC3)cc2)NN1c1ccccn1. The number of nitrogens with zero attached hydrogens (tertiary/aromatic N) is 4. The molecule has 2 aromatic rings. The van der Waals surface area contributed by atoms with Gasteiger partial charge in [0.15, 0.2) is 5.82 Å². The molecular weight excluding hydrogens is 354 g/mol. The van der Waals surface area contributed by atoms with Gasteiger partial charge in [-0.3, -0.25) is 16.1 Å². The molecule has 2 aliphatic rings. The van der Waals surface area contributed by atoms with Gasteiger partial charge in [0.1, 0.15) is 12.4 Å². The second kappa shape index (κ2) is 8.04. The van der Waals surface area contributed by atoms with E-state index < -0.39 is 5.79 Å². The molecule has 1 fully saturated rings. The third-order valence-corrected chi connectivity index (χ3v) is 4.88. The van der Waals surface area contributed by atoms with Crippen molar-refractivity contribution >= 4 is 17.5 Å². The number of ether oxygens (including phenoxy) is 1. The Kier molecular flexibility index (Phi) is 5.31. The van der Waals surface area contributed by atoms with Crippen LogP contribution in [-0.2, 0) is 0 Å². The summed E-state index contributed by atoms with van der Waals surface area (Å²) < 4.78 is 5.85. The molecule has 2 aliphatic heterocycles. The molecule has 8 heteroatoms. The van der Waals surface area contributed by atoms with Crippen LogP contribution in [0.2, 0.25) is 0 Å². The van der Waals surface area contributed by atoms with Gasteiger partial charge in [-0.05, 0) is 69.3 Å². The third kappa shape index (κ3) is 4.35. The Morgan fingerprint density at radius 1 is 1.18 bits per heavy atom. The summed E-state index contributed by atoms with van der Waals surface area (Å²) in [5.41, 5.74) is 10.4. The highest BCUT2D eigenvalue weighted by Gasteiger charge is 2.35. The minimum atomic E-state index is -0.935. The number of guanidine groups is 1. The first-order valence-corrected chi connectivity index (χ1v) is 9.69. The number of nitrogens with two attached hydrogens (primary N) is 1. The second-order valence-electron chi connectivity index (χ2n) is 7.24. The molecule has 28 heavy (non-hydrogen) atoms. The van der Waals surface area contributed by atoms with Crippen LogP contribution in [0.5, 0.6) is 5.75 Å². The van der Waals surface area contributed by atoms with E-state index >= 15 is 0 Å². The van der Waals surface area contributed by atoms with Crippen LogP contribution in [0.25, 0.3) is 0 Å². The largest absolute Gasteiger partial charge is 0.492 e. The maximum Gasteiger partial charge on any atom is 0.218 e. The smallest absolute Gasteiger partial charge is 0.218 e. The summed E-state index contributed by atoms with van der Waals surface area (Å²) >= 11 is 0. The highest BCUT2D eigenvalue weighted by Crippen LogP contribution is 2.22. The monoisotopic (exact) mass is 381 g/mol. The van der Waals surface area contributed by atoms with Crippen LogP contribution < -0.4 is 26.2 Å². The Morgan fingerprint density at radius 2 is 1.96 bits per heavy atom. The lowest BCUT2D eigenvalue weighted by Crippen LogP contribution is -2.55. The van der Waals surface area contributed by atoms with Crippen molar-refractivity contribution in [3.8, 4) is 5.75 Å². The molecule has 1 aromatic carbocycles. The Hall–Kier alpha value is -2.84. The number of pyridine rings is 1. The summed E-state index contributed by atoms with van der Waals surface area (Å²) in [4.78, 5) is 11.3. The van der Waals surface area contributed by atoms with E-state index in [4.69, 9.17) is 10.5 Å². The summed E-state index contributed by atoms with van der Waals surface area (Å²) in [6.07, 6.45) is 4.33. The van der Waals surface area contributed by atoms with Gasteiger partial charge in [0.25, 0.3) is 0 Å². The number of hydrazine groups is 1. The van der Waals surface area contributed by atoms with E-state index in [0.29, 0.717) is 18.4 Å². The maximum atomic E-state index is 6.30. The molecule has 0 saturated carbocycles. The quantitative estimate of drug-likeness (QED) is 0.705. The van der Waals surface area contributed by atoms with E-state index in [1.165, 1.54) is 25.9 Å². The van der Waals surface area contributed by atoms with Crippen molar-refractivity contribution in [3.05, 3.63) is 48.7 Å². The molecule has 1 saturated heterocycles. The summed E-state index contributed by atoms with van der Waals surface area (Å²) in [6, 6.07) is 13.5. The standard InChI is InChI=1S/C20H27N7O/c1-20(21)24-19(25-27(20)18-6-2-3-11-22-18)23-16-7-9-17(10-8-16)28-15-14-26-12-4-5-13-26/h2-3,6-11H,4-5,12-15,21H2,1H3,(H2,23,24,25). The molecule has 3 heterocycles. The van der Waals surface area contributed by atoms with Crippen LogP contribution in [0.1, 0.15) is 19.8 Å². The number of benzene rings is 1. The molecule has 1 atom stereocenters. The predicted molar refractivity (Wildman–Crippen MR) is 111 cm³/mol. The average molecular weight is 381 g/mol. The zero-order valence-electron chi connectivity index (χ0n) is 16.1. The average Bonchev–Trinajstić information content (AvgIpc) is 3.31. The van der Waals surface area contributed by atoms with E-state index in [0.717, 1.165) is 18.0 Å². The van der Waals surface area contributed by atoms with Gasteiger partial charge >= 0.3 is 0 Å². The van der Waals surface area contributed by atoms with E-state index in [1.807, 2.05) is 49.4 Å². The lowest BCUT2D eigenvalue weighted by Gasteiger charge is -2.28. The molecule has 4 N–H and O–H groups in total. The van der Waals surface area contributed by atoms with Crippen LogP contribution in [-0.4, -0.2) is 47.9 Å². The minimum Gasteiger partial charge on any atom is -0.492 e. The number of aliphatic imine (C=N–C) groups is 1. The van der Waals surface area contributed by atoms with Gasteiger partial charge < -0.3 is 10.1 Å². The Balaban J connectivity index is 1.31. The number of aromatic nitrogens is 1. The lowest BCUT2D eigenvalue weighted by atomic mass is 10.3. The maximum absolute atomic E-state index is 6.30. The van der Waals surface area contributed by atoms with Crippen LogP contribution >= 0.6 is 0 Å². The number of anilines is 2. The molecule has 0 radical (unpaired) electrons. The molecular formula is C20H27N7O. The van der Waals surface area contributed by atoms with Crippen molar-refractivity contribution in [1.29, 1.82) is 0 Å². The molecule has 8 nitrogen and oxygen atoms in total. The van der Waals surface area contributed by atoms with Gasteiger partial charge in [-0.15, -0.1) is 0 Å². The van der Waals surface area contributed by atoms with E-state index in [9.17, 15) is 0 Å². The van der Waals surface area contributed by atoms with E-state index in [-0.39, 0.29) is 0 Å². The van der Waals surface area contributed by atoms with Crippen molar-refractivity contribution in [2.75, 3.05) is 36.6 Å². The fourth-order valence-corrected chi connectivity index (χ4v) is 3.42. The van der Waals surface area contributed by atoms with Crippen LogP contribution in [0.15, 0.2) is 53.7 Å². The Labute approximate surface area is 165 Å². The second-order valence-corrected chi connectivity index (χ2v) is 7.24. The summed E-state index contributed by atoms with van der Waals surface area (Å²) in [6.45, 7) is 5.90. The molecule has 1 unspecified atom stereocenters. The van der Waals surface area contributed by atoms with Gasteiger partial charge in [-0.1, -0.05) is 6.07 Å². The molecule has 0 bridgehead atoms. The summed E-state index contributed by atoms with van der Waals surface area (Å²) in [5, 5.41) is 4.98. The number of likely N-dealkylation sites (tertiary alicyclic amines) is 1. The minimum absolute atomic E-state index is 0.568. The predicted octanol–water partition coefficient (Wildman–Crippen LogP) is 1.98. The fourth-order valence-electron chi connectivity index (χ4n) is 3.42. The van der Waals surface area contributed by atoms with Gasteiger partial charge in [-0.25, -0.2) is 15.0 Å². The van der Waals surface area contributed by atoms with Crippen molar-refractivity contribution in [1.82, 2.24) is 15.3 Å². The number of rotatable bonds is 6. The van der Waals surface area contributed by atoms with Gasteiger partial charge in [0.2, 0.25) is 11.7 Å². The molecule has 0 aliphatic carbocycles. The number of hydrogen-bond acceptors (Lipinski definition) is 8. The van der Waals surface area contributed by atoms with E-state index in [2.05, 4.69) is 25.6 Å². The topological polar surface area (TPSA) is 91.0 Å². The molecule has 4 rings (SSSR count). The number of hydrogen-bond donors (Lipinski definition) is 3. The van der Waals surface area contributed by atoms with Crippen LogP contribution in [0.3, 0.4) is 0 Å². The lowest BCUT2D eigenvalue weighted by molar-refractivity contribution is 0.238. The first-order valence-electron chi connectivity index (χ1n) is 9.69. The van der Waals surface area contributed by atoms with Crippen molar-refractivity contribution in [2.24, 2.45) is 10.7 Å². The van der Waals surface area contributed by atoms with Gasteiger partial charge in [0, 0.05) is 18.4 Å². The molecule has 148 valence electrons. The third-order valence-electron chi connectivity index (χ3n) is 4.88. The van der Waals surface area contributed by atoms with Gasteiger partial charge in [0.05, 0.1) is 0 Å². The first kappa shape index (κ1) is 18.5. The van der Waals surface area contributed by atoms with Crippen molar-refractivity contribution < 1.29 is 4.74 Å². The van der Waals surface area contributed by atoms with Crippen molar-refractivity contribution in [3.63, 3.8) is 0 Å². The fraction of sp³-hybridized carbons (Fsp3) is 0.400.